The lowest BCUT2D eigenvalue weighted by Gasteiger charge is -2.36. The highest BCUT2D eigenvalue weighted by Crippen LogP contribution is 2.27. The second-order valence-electron chi connectivity index (χ2n) is 11.2. The van der Waals surface area contributed by atoms with Gasteiger partial charge in [-0.25, -0.2) is 9.18 Å². The minimum Gasteiger partial charge on any atom is -0.478 e. The molecule has 0 spiro atoms. The first-order valence-electron chi connectivity index (χ1n) is 14.8. The number of nitrogen functional groups attached to an aromatic ring is 1. The number of piperidine rings is 1. The minimum atomic E-state index is -1.02. The zero-order valence-electron chi connectivity index (χ0n) is 24.7. The normalized spacial score (nSPS) is 13.8. The SMILES string of the molecule is CCN(CC1CCN(c2ccc(C(=O)O)c(N)c2)CC1)C(=O)CCCCCCN(C(=O)c1ccc(F)cc1)C(C)C. The molecule has 1 aliphatic heterocycles. The first kappa shape index (κ1) is 31.9. The third-order valence-corrected chi connectivity index (χ3v) is 7.97. The third-order valence-electron chi connectivity index (χ3n) is 7.97. The van der Waals surface area contributed by atoms with Crippen LogP contribution in [0.4, 0.5) is 15.8 Å². The summed E-state index contributed by atoms with van der Waals surface area (Å²) in [6.45, 7) is 9.78. The largest absolute Gasteiger partial charge is 0.478 e. The fraction of sp³-hybridized carbons (Fsp3) is 0.531. The highest BCUT2D eigenvalue weighted by Gasteiger charge is 2.24. The summed E-state index contributed by atoms with van der Waals surface area (Å²) in [5, 5.41) is 9.20. The number of carbonyl (C=O) groups is 3. The van der Waals surface area contributed by atoms with E-state index in [2.05, 4.69) is 4.90 Å². The molecule has 0 aromatic heterocycles. The summed E-state index contributed by atoms with van der Waals surface area (Å²) in [5.41, 5.74) is 7.75. The number of nitrogens with zero attached hydrogens (tertiary/aromatic N) is 3. The van der Waals surface area contributed by atoms with Crippen LogP contribution in [0, 0.1) is 11.7 Å². The molecule has 224 valence electrons. The number of unbranched alkanes of at least 4 members (excludes halogenated alkanes) is 3. The van der Waals surface area contributed by atoms with Gasteiger partial charge in [-0.2, -0.15) is 0 Å². The summed E-state index contributed by atoms with van der Waals surface area (Å²) in [6.07, 6.45) is 6.03. The molecule has 3 rings (SSSR count). The lowest BCUT2D eigenvalue weighted by Crippen LogP contribution is -2.41. The van der Waals surface area contributed by atoms with Gasteiger partial charge in [-0.15, -0.1) is 0 Å². The second-order valence-corrected chi connectivity index (χ2v) is 11.2. The van der Waals surface area contributed by atoms with Gasteiger partial charge in [-0.3, -0.25) is 9.59 Å². The average Bonchev–Trinajstić information content (AvgIpc) is 2.95. The van der Waals surface area contributed by atoms with Crippen LogP contribution >= 0.6 is 0 Å². The Labute approximate surface area is 243 Å². The molecule has 2 aromatic rings. The van der Waals surface area contributed by atoms with Crippen LogP contribution in [0.3, 0.4) is 0 Å². The van der Waals surface area contributed by atoms with E-state index in [1.54, 1.807) is 12.1 Å². The van der Waals surface area contributed by atoms with Crippen molar-refractivity contribution in [2.24, 2.45) is 5.92 Å². The summed E-state index contributed by atoms with van der Waals surface area (Å²) in [5.74, 6) is -0.828. The van der Waals surface area contributed by atoms with Crippen LogP contribution in [0.15, 0.2) is 42.5 Å². The molecule has 1 saturated heterocycles. The van der Waals surface area contributed by atoms with Crippen molar-refractivity contribution in [1.29, 1.82) is 0 Å². The Balaban J connectivity index is 1.36. The molecule has 1 heterocycles. The Morgan fingerprint density at radius 1 is 1.02 bits per heavy atom. The maximum atomic E-state index is 13.2. The number of hydrogen-bond donors (Lipinski definition) is 2. The number of carboxylic acid groups (broad SMARTS) is 1. The summed E-state index contributed by atoms with van der Waals surface area (Å²) in [7, 11) is 0. The van der Waals surface area contributed by atoms with Gasteiger partial charge in [0, 0.05) is 62.1 Å². The molecular weight excluding hydrogens is 523 g/mol. The quantitative estimate of drug-likeness (QED) is 0.225. The maximum Gasteiger partial charge on any atom is 0.337 e. The van der Waals surface area contributed by atoms with Crippen LogP contribution in [-0.4, -0.2) is 71.5 Å². The molecule has 0 aliphatic carbocycles. The number of carboxylic acids is 1. The van der Waals surface area contributed by atoms with Crippen molar-refractivity contribution in [3.8, 4) is 0 Å². The van der Waals surface area contributed by atoms with Crippen molar-refractivity contribution in [3.63, 3.8) is 0 Å². The Kier molecular flexibility index (Phi) is 12.0. The van der Waals surface area contributed by atoms with E-state index >= 15 is 0 Å². The van der Waals surface area contributed by atoms with Gasteiger partial charge in [0.1, 0.15) is 5.82 Å². The van der Waals surface area contributed by atoms with E-state index in [9.17, 15) is 23.9 Å². The second kappa shape index (κ2) is 15.4. The standard InChI is InChI=1S/C32H45FN4O4/c1-4-35(22-24-16-19-36(20-17-24)27-14-15-28(32(40)41)29(34)21-27)30(38)9-7-5-6-8-18-37(23(2)3)31(39)25-10-12-26(33)13-11-25/h10-15,21,23-24H,4-9,16-20,22,34H2,1-3H3,(H,40,41). The zero-order chi connectivity index (χ0) is 29.9. The molecule has 0 bridgehead atoms. The van der Waals surface area contributed by atoms with Gasteiger partial charge in [0.05, 0.1) is 5.56 Å². The van der Waals surface area contributed by atoms with E-state index in [4.69, 9.17) is 5.73 Å². The van der Waals surface area contributed by atoms with E-state index in [0.29, 0.717) is 31.0 Å². The lowest BCUT2D eigenvalue weighted by molar-refractivity contribution is -0.131. The topological polar surface area (TPSA) is 107 Å². The molecule has 0 saturated carbocycles. The fourth-order valence-corrected chi connectivity index (χ4v) is 5.46. The molecule has 2 aromatic carbocycles. The van der Waals surface area contributed by atoms with E-state index in [-0.39, 0.29) is 34.9 Å². The molecule has 3 N–H and O–H groups in total. The third kappa shape index (κ3) is 9.20. The molecule has 0 radical (unpaired) electrons. The van der Waals surface area contributed by atoms with Gasteiger partial charge in [0.25, 0.3) is 5.91 Å². The van der Waals surface area contributed by atoms with Crippen molar-refractivity contribution in [2.75, 3.05) is 43.4 Å². The summed E-state index contributed by atoms with van der Waals surface area (Å²) >= 11 is 0. The highest BCUT2D eigenvalue weighted by atomic mass is 19.1. The first-order chi connectivity index (χ1) is 19.6. The van der Waals surface area contributed by atoms with E-state index in [1.807, 2.05) is 36.6 Å². The summed E-state index contributed by atoms with van der Waals surface area (Å²) in [6, 6.07) is 10.8. The van der Waals surface area contributed by atoms with Crippen molar-refractivity contribution in [1.82, 2.24) is 9.80 Å². The van der Waals surface area contributed by atoms with Crippen molar-refractivity contribution < 1.29 is 23.9 Å². The van der Waals surface area contributed by atoms with Gasteiger partial charge in [-0.1, -0.05) is 12.8 Å². The zero-order valence-corrected chi connectivity index (χ0v) is 24.7. The van der Waals surface area contributed by atoms with Gasteiger partial charge in [-0.05, 0) is 94.8 Å². The summed E-state index contributed by atoms with van der Waals surface area (Å²) in [4.78, 5) is 43.0. The molecule has 8 nitrogen and oxygen atoms in total. The number of rotatable bonds is 14. The smallest absolute Gasteiger partial charge is 0.337 e. The van der Waals surface area contributed by atoms with Gasteiger partial charge < -0.3 is 25.5 Å². The Hall–Kier alpha value is -3.62. The van der Waals surface area contributed by atoms with Gasteiger partial charge in [0.15, 0.2) is 0 Å². The molecule has 0 atom stereocenters. The van der Waals surface area contributed by atoms with E-state index in [1.165, 1.54) is 24.3 Å². The number of amides is 2. The van der Waals surface area contributed by atoms with Crippen LogP contribution in [-0.2, 0) is 4.79 Å². The number of aromatic carboxylic acids is 1. The predicted molar refractivity (Wildman–Crippen MR) is 161 cm³/mol. The number of nitrogens with two attached hydrogens (primary N) is 1. The molecule has 1 aliphatic rings. The van der Waals surface area contributed by atoms with Crippen molar-refractivity contribution >= 4 is 29.2 Å². The maximum absolute atomic E-state index is 13.2. The van der Waals surface area contributed by atoms with Crippen molar-refractivity contribution in [3.05, 3.63) is 59.4 Å². The van der Waals surface area contributed by atoms with Crippen molar-refractivity contribution in [2.45, 2.75) is 71.8 Å². The van der Waals surface area contributed by atoms with Gasteiger partial charge in [0.2, 0.25) is 5.91 Å². The van der Waals surface area contributed by atoms with Gasteiger partial charge >= 0.3 is 5.97 Å². The van der Waals surface area contributed by atoms with E-state index < -0.39 is 5.97 Å². The molecule has 41 heavy (non-hydrogen) atoms. The molecule has 9 heteroatoms. The molecule has 1 fully saturated rings. The predicted octanol–water partition coefficient (Wildman–Crippen LogP) is 5.67. The lowest BCUT2D eigenvalue weighted by atomic mass is 9.95. The van der Waals surface area contributed by atoms with Crippen LogP contribution < -0.4 is 10.6 Å². The number of halogens is 1. The summed E-state index contributed by atoms with van der Waals surface area (Å²) < 4.78 is 13.2. The Bertz CT molecular complexity index is 1160. The first-order valence-corrected chi connectivity index (χ1v) is 14.8. The molecule has 2 amide bonds. The monoisotopic (exact) mass is 568 g/mol. The number of hydrogen-bond acceptors (Lipinski definition) is 5. The molecular formula is C32H45FN4O4. The highest BCUT2D eigenvalue weighted by molar-refractivity contribution is 5.95. The number of benzene rings is 2. The molecule has 0 unspecified atom stereocenters. The fourth-order valence-electron chi connectivity index (χ4n) is 5.46. The Morgan fingerprint density at radius 2 is 1.68 bits per heavy atom. The van der Waals surface area contributed by atoms with Crippen LogP contribution in [0.2, 0.25) is 0 Å². The van der Waals surface area contributed by atoms with Crippen LogP contribution in [0.5, 0.6) is 0 Å². The minimum absolute atomic E-state index is 0.0507. The number of carbonyl (C=O) groups excluding carboxylic acids is 2. The average molecular weight is 569 g/mol. The van der Waals surface area contributed by atoms with Crippen LogP contribution in [0.25, 0.3) is 0 Å². The number of anilines is 2. The van der Waals surface area contributed by atoms with E-state index in [0.717, 1.165) is 63.8 Å². The van der Waals surface area contributed by atoms with Crippen LogP contribution in [0.1, 0.15) is 86.4 Å². The Morgan fingerprint density at radius 3 is 2.27 bits per heavy atom.